The molecule has 7 atom stereocenters. The van der Waals surface area contributed by atoms with E-state index in [0.717, 1.165) is 44.9 Å². The van der Waals surface area contributed by atoms with Crippen molar-refractivity contribution in [2.75, 3.05) is 6.61 Å². The van der Waals surface area contributed by atoms with Gasteiger partial charge in [0.25, 0.3) is 0 Å². The van der Waals surface area contributed by atoms with Crippen molar-refractivity contribution in [3.05, 3.63) is 11.6 Å². The summed E-state index contributed by atoms with van der Waals surface area (Å²) in [4.78, 5) is 12.2. The smallest absolute Gasteiger partial charge is 0.184 e. The van der Waals surface area contributed by atoms with Crippen LogP contribution in [0, 0.1) is 28.6 Å². The van der Waals surface area contributed by atoms with Gasteiger partial charge in [-0.2, -0.15) is 0 Å². The van der Waals surface area contributed by atoms with Crippen molar-refractivity contribution >= 4 is 5.78 Å². The zero-order valence-electron chi connectivity index (χ0n) is 15.5. The molecule has 0 aliphatic heterocycles. The lowest BCUT2D eigenvalue weighted by Crippen LogP contribution is -2.62. The van der Waals surface area contributed by atoms with E-state index in [0.29, 0.717) is 23.8 Å². The van der Waals surface area contributed by atoms with E-state index in [1.165, 1.54) is 0 Å². The summed E-state index contributed by atoms with van der Waals surface area (Å²) in [5, 5.41) is 31.2. The third-order valence-corrected chi connectivity index (χ3v) is 8.84. The van der Waals surface area contributed by atoms with Gasteiger partial charge in [-0.3, -0.25) is 4.79 Å². The minimum absolute atomic E-state index is 0.159. The Bertz CT molecular complexity index is 613. The molecule has 0 spiro atoms. The number of carbonyl (C=O) groups is 1. The molecule has 0 saturated heterocycles. The van der Waals surface area contributed by atoms with Crippen LogP contribution >= 0.6 is 0 Å². The van der Waals surface area contributed by atoms with Gasteiger partial charge in [-0.15, -0.1) is 0 Å². The molecule has 0 bridgehead atoms. The third-order valence-electron chi connectivity index (χ3n) is 8.84. The van der Waals surface area contributed by atoms with Gasteiger partial charge >= 0.3 is 0 Å². The van der Waals surface area contributed by atoms with E-state index in [-0.39, 0.29) is 23.2 Å². The van der Waals surface area contributed by atoms with Crippen molar-refractivity contribution in [3.8, 4) is 0 Å². The van der Waals surface area contributed by atoms with Crippen LogP contribution in [0.5, 0.6) is 0 Å². The SMILES string of the molecule is C[C@]12CCC(O)CC1CC[C@@H]1[C@@H]2CC[C@]2(C)C(C(=O)CO)=CC[C@@]12O. The standard InChI is InChI=1S/C21H32O4/c1-19-8-5-14(23)11-13(19)3-4-16-15(19)6-9-20(2)17(18(24)12-22)7-10-21(16,20)25/h7,13-16,22-23,25H,3-6,8-12H2,1-2H3/t13?,14?,15-,16+,19-,20+,21+/m0/s1. The Morgan fingerprint density at radius 1 is 1.16 bits per heavy atom. The number of fused-ring (bicyclic) bond motifs is 5. The van der Waals surface area contributed by atoms with Gasteiger partial charge in [0.05, 0.1) is 11.7 Å². The monoisotopic (exact) mass is 348 g/mol. The lowest BCUT2D eigenvalue weighted by Gasteiger charge is -2.63. The Hall–Kier alpha value is -0.710. The van der Waals surface area contributed by atoms with Crippen LogP contribution < -0.4 is 0 Å². The number of aliphatic hydroxyl groups excluding tert-OH is 2. The summed E-state index contributed by atoms with van der Waals surface area (Å²) in [5.74, 6) is 1.01. The number of carbonyl (C=O) groups excluding carboxylic acids is 1. The fourth-order valence-electron chi connectivity index (χ4n) is 7.28. The Kier molecular flexibility index (Phi) is 3.99. The molecule has 3 fully saturated rings. The molecule has 0 aromatic carbocycles. The molecule has 0 aromatic rings. The topological polar surface area (TPSA) is 77.8 Å². The van der Waals surface area contributed by atoms with E-state index < -0.39 is 17.6 Å². The maximum atomic E-state index is 12.2. The molecule has 4 heteroatoms. The minimum Gasteiger partial charge on any atom is -0.393 e. The summed E-state index contributed by atoms with van der Waals surface area (Å²) in [6.07, 6.45) is 9.00. The van der Waals surface area contributed by atoms with Crippen molar-refractivity contribution in [3.63, 3.8) is 0 Å². The Labute approximate surface area is 150 Å². The fourth-order valence-corrected chi connectivity index (χ4v) is 7.28. The van der Waals surface area contributed by atoms with E-state index in [4.69, 9.17) is 0 Å². The zero-order chi connectivity index (χ0) is 18.0. The largest absolute Gasteiger partial charge is 0.393 e. The van der Waals surface area contributed by atoms with Crippen molar-refractivity contribution < 1.29 is 20.1 Å². The number of rotatable bonds is 2. The zero-order valence-corrected chi connectivity index (χ0v) is 15.5. The molecule has 2 unspecified atom stereocenters. The van der Waals surface area contributed by atoms with Crippen LogP contribution in [0.2, 0.25) is 0 Å². The predicted molar refractivity (Wildman–Crippen MR) is 94.8 cm³/mol. The van der Waals surface area contributed by atoms with E-state index in [2.05, 4.69) is 6.92 Å². The summed E-state index contributed by atoms with van der Waals surface area (Å²) in [5.41, 5.74) is -0.531. The first-order valence-electron chi connectivity index (χ1n) is 10.0. The molecule has 140 valence electrons. The summed E-state index contributed by atoms with van der Waals surface area (Å²) in [6, 6.07) is 0. The third kappa shape index (κ3) is 2.20. The van der Waals surface area contributed by atoms with Crippen LogP contribution in [0.4, 0.5) is 0 Å². The van der Waals surface area contributed by atoms with Gasteiger partial charge in [0.2, 0.25) is 0 Å². The Morgan fingerprint density at radius 3 is 2.64 bits per heavy atom. The van der Waals surface area contributed by atoms with E-state index in [9.17, 15) is 20.1 Å². The van der Waals surface area contributed by atoms with Gasteiger partial charge in [0.15, 0.2) is 5.78 Å². The van der Waals surface area contributed by atoms with Gasteiger partial charge in [0, 0.05) is 11.0 Å². The highest BCUT2D eigenvalue weighted by Crippen LogP contribution is 2.67. The lowest BCUT2D eigenvalue weighted by atomic mass is 9.43. The number of hydrogen-bond acceptors (Lipinski definition) is 4. The molecule has 3 saturated carbocycles. The molecule has 4 aliphatic rings. The average molecular weight is 348 g/mol. The lowest BCUT2D eigenvalue weighted by molar-refractivity contribution is -0.198. The molecule has 0 amide bonds. The number of Topliss-reactive ketones (excluding diaryl/α,β-unsaturated/α-hetero) is 1. The molecule has 4 aliphatic carbocycles. The number of ketones is 1. The Morgan fingerprint density at radius 2 is 1.92 bits per heavy atom. The summed E-state index contributed by atoms with van der Waals surface area (Å²) < 4.78 is 0. The van der Waals surface area contributed by atoms with Crippen molar-refractivity contribution in [1.82, 2.24) is 0 Å². The molecular weight excluding hydrogens is 316 g/mol. The highest BCUT2D eigenvalue weighted by Gasteiger charge is 2.65. The van der Waals surface area contributed by atoms with E-state index in [1.54, 1.807) is 0 Å². The first kappa shape index (κ1) is 17.7. The molecular formula is C21H32O4. The second kappa shape index (κ2) is 5.64. The van der Waals surface area contributed by atoms with Gasteiger partial charge in [-0.25, -0.2) is 0 Å². The maximum absolute atomic E-state index is 12.2. The molecule has 0 aromatic heterocycles. The Balaban J connectivity index is 1.67. The average Bonchev–Trinajstić information content (AvgIpc) is 2.86. The van der Waals surface area contributed by atoms with Crippen LogP contribution in [0.3, 0.4) is 0 Å². The van der Waals surface area contributed by atoms with E-state index >= 15 is 0 Å². The quantitative estimate of drug-likeness (QED) is 0.717. The van der Waals surface area contributed by atoms with Crippen LogP contribution in [0.25, 0.3) is 0 Å². The van der Waals surface area contributed by atoms with Gasteiger partial charge in [-0.05, 0) is 74.5 Å². The first-order chi connectivity index (χ1) is 11.8. The van der Waals surface area contributed by atoms with Gasteiger partial charge < -0.3 is 15.3 Å². The first-order valence-corrected chi connectivity index (χ1v) is 10.0. The molecule has 25 heavy (non-hydrogen) atoms. The van der Waals surface area contributed by atoms with Crippen molar-refractivity contribution in [2.45, 2.75) is 76.9 Å². The van der Waals surface area contributed by atoms with Crippen LogP contribution in [-0.4, -0.2) is 39.4 Å². The molecule has 0 heterocycles. The fraction of sp³-hybridized carbons (Fsp3) is 0.857. The highest BCUT2D eigenvalue weighted by molar-refractivity contribution is 5.98. The second-order valence-electron chi connectivity index (χ2n) is 9.62. The molecule has 3 N–H and O–H groups in total. The van der Waals surface area contributed by atoms with Crippen molar-refractivity contribution in [1.29, 1.82) is 0 Å². The number of aliphatic hydroxyl groups is 3. The second-order valence-corrected chi connectivity index (χ2v) is 9.62. The van der Waals surface area contributed by atoms with Crippen molar-refractivity contribution in [2.24, 2.45) is 28.6 Å². The predicted octanol–water partition coefficient (Wildman–Crippen LogP) is 2.60. The highest BCUT2D eigenvalue weighted by atomic mass is 16.3. The summed E-state index contributed by atoms with van der Waals surface area (Å²) in [7, 11) is 0. The summed E-state index contributed by atoms with van der Waals surface area (Å²) in [6.45, 7) is 3.95. The van der Waals surface area contributed by atoms with Gasteiger partial charge in [-0.1, -0.05) is 19.9 Å². The molecule has 0 radical (unpaired) electrons. The van der Waals surface area contributed by atoms with Gasteiger partial charge in [0.1, 0.15) is 6.61 Å². The molecule has 4 nitrogen and oxygen atoms in total. The van der Waals surface area contributed by atoms with Crippen LogP contribution in [0.1, 0.15) is 65.2 Å². The molecule has 4 rings (SSSR count). The van der Waals surface area contributed by atoms with Crippen LogP contribution in [-0.2, 0) is 4.79 Å². The van der Waals surface area contributed by atoms with Crippen LogP contribution in [0.15, 0.2) is 11.6 Å². The number of hydrogen-bond donors (Lipinski definition) is 3. The summed E-state index contributed by atoms with van der Waals surface area (Å²) >= 11 is 0. The normalized spacial score (nSPS) is 52.0. The minimum atomic E-state index is -0.861. The van der Waals surface area contributed by atoms with E-state index in [1.807, 2.05) is 13.0 Å². The maximum Gasteiger partial charge on any atom is 0.184 e.